The van der Waals surface area contributed by atoms with Crippen LogP contribution >= 0.6 is 0 Å². The van der Waals surface area contributed by atoms with Crippen molar-refractivity contribution < 1.29 is 27.2 Å². The van der Waals surface area contributed by atoms with Crippen molar-refractivity contribution in [2.45, 2.75) is 50.9 Å². The Bertz CT molecular complexity index is 301. The monoisotopic (exact) mass is 425 g/mol. The summed E-state index contributed by atoms with van der Waals surface area (Å²) in [6, 6.07) is 2.02. The summed E-state index contributed by atoms with van der Waals surface area (Å²) < 4.78 is 33.2. The summed E-state index contributed by atoms with van der Waals surface area (Å²) in [6.07, 6.45) is 4.27. The minimum atomic E-state index is -1.91. The van der Waals surface area contributed by atoms with Gasteiger partial charge in [-0.25, -0.2) is 0 Å². The molecule has 9 heteroatoms. The molecule has 0 atom stereocenters. The van der Waals surface area contributed by atoms with Gasteiger partial charge >= 0.3 is 17.1 Å². The highest BCUT2D eigenvalue weighted by Crippen LogP contribution is 2.15. The van der Waals surface area contributed by atoms with E-state index in [0.717, 1.165) is 77.3 Å². The summed E-state index contributed by atoms with van der Waals surface area (Å²) in [5.41, 5.74) is 0. The van der Waals surface area contributed by atoms with Crippen LogP contribution in [0.15, 0.2) is 0 Å². The van der Waals surface area contributed by atoms with Gasteiger partial charge in [-0.15, -0.1) is 0 Å². The van der Waals surface area contributed by atoms with Crippen molar-refractivity contribution in [3.63, 3.8) is 0 Å². The van der Waals surface area contributed by atoms with Crippen molar-refractivity contribution >= 4 is 17.1 Å². The summed E-state index contributed by atoms with van der Waals surface area (Å²) in [7, 11) is 3.14. The molecule has 0 rings (SSSR count). The van der Waals surface area contributed by atoms with Crippen LogP contribution < -0.4 is 5.32 Å². The van der Waals surface area contributed by atoms with Crippen LogP contribution in [-0.2, 0) is 27.2 Å². The first kappa shape index (κ1) is 27.2. The molecule has 0 amide bonds. The molecule has 0 aromatic heterocycles. The molecule has 0 radical (unpaired) electrons. The van der Waals surface area contributed by atoms with Gasteiger partial charge in [0.15, 0.2) is 0 Å². The van der Waals surface area contributed by atoms with Gasteiger partial charge in [0.25, 0.3) is 0 Å². The molecular weight excluding hydrogens is 382 g/mol. The number of hydrogen-bond donors (Lipinski definition) is 1. The largest absolute Gasteiger partial charge is 0.398 e. The number of unbranched alkanes of at least 4 members (excludes halogenated alkanes) is 2. The van der Waals surface area contributed by atoms with E-state index < -0.39 is 17.1 Å². The van der Waals surface area contributed by atoms with Crippen molar-refractivity contribution in [3.05, 3.63) is 0 Å². The Morgan fingerprint density at radius 3 is 1.26 bits per heavy atom. The summed E-state index contributed by atoms with van der Waals surface area (Å²) >= 11 is 0. The maximum atomic E-state index is 5.64. The van der Waals surface area contributed by atoms with E-state index in [1.807, 2.05) is 0 Å². The van der Waals surface area contributed by atoms with E-state index >= 15 is 0 Å². The van der Waals surface area contributed by atoms with Crippen molar-refractivity contribution in [1.29, 1.82) is 0 Å². The first-order chi connectivity index (χ1) is 12.9. The fourth-order valence-electron chi connectivity index (χ4n) is 2.49. The standard InChI is InChI=1S/C18H43NO6Si2/c1-20-26(5,21-2)17-9-7-13-24-15-11-19-12-16-25-14-8-10-18-27(6,22-3)23-4/h19H,7-18H2,1-6H3. The second-order valence-electron chi connectivity index (χ2n) is 6.97. The Morgan fingerprint density at radius 2 is 0.926 bits per heavy atom. The van der Waals surface area contributed by atoms with Gasteiger partial charge in [0.1, 0.15) is 0 Å². The molecule has 0 fully saturated rings. The third-order valence-electron chi connectivity index (χ3n) is 4.91. The Kier molecular flexibility index (Phi) is 17.1. The highest BCUT2D eigenvalue weighted by molar-refractivity contribution is 6.66. The summed E-state index contributed by atoms with van der Waals surface area (Å²) in [6.45, 7) is 8.97. The van der Waals surface area contributed by atoms with Gasteiger partial charge in [0, 0.05) is 54.7 Å². The molecule has 0 aromatic carbocycles. The molecule has 0 saturated carbocycles. The lowest BCUT2D eigenvalue weighted by Crippen LogP contribution is -2.35. The number of ether oxygens (including phenoxy) is 2. The van der Waals surface area contributed by atoms with Crippen LogP contribution in [0.1, 0.15) is 25.7 Å². The molecule has 0 unspecified atom stereocenters. The second-order valence-corrected chi connectivity index (χ2v) is 14.1. The quantitative estimate of drug-likeness (QED) is 0.238. The van der Waals surface area contributed by atoms with E-state index in [4.69, 9.17) is 27.2 Å². The molecule has 0 aliphatic rings. The molecule has 0 spiro atoms. The van der Waals surface area contributed by atoms with E-state index in [0.29, 0.717) is 0 Å². The van der Waals surface area contributed by atoms with Crippen molar-refractivity contribution in [1.82, 2.24) is 5.32 Å². The van der Waals surface area contributed by atoms with Gasteiger partial charge in [-0.2, -0.15) is 0 Å². The number of nitrogens with one attached hydrogen (secondary N) is 1. The van der Waals surface area contributed by atoms with Gasteiger partial charge in [-0.05, 0) is 50.9 Å². The summed E-state index contributed by atoms with van der Waals surface area (Å²) in [5, 5.41) is 3.34. The molecule has 27 heavy (non-hydrogen) atoms. The first-order valence-corrected chi connectivity index (χ1v) is 15.1. The van der Waals surface area contributed by atoms with Crippen molar-refractivity contribution in [2.75, 3.05) is 68.0 Å². The molecular formula is C18H43NO6Si2. The Balaban J connectivity index is 3.28. The fourth-order valence-corrected chi connectivity index (χ4v) is 5.43. The van der Waals surface area contributed by atoms with Crippen LogP contribution in [0.2, 0.25) is 25.2 Å². The van der Waals surface area contributed by atoms with E-state index in [2.05, 4.69) is 18.4 Å². The van der Waals surface area contributed by atoms with E-state index in [1.54, 1.807) is 28.4 Å². The van der Waals surface area contributed by atoms with Crippen LogP contribution in [0.25, 0.3) is 0 Å². The smallest absolute Gasteiger partial charge is 0.334 e. The zero-order valence-corrected chi connectivity index (χ0v) is 20.4. The molecule has 164 valence electrons. The van der Waals surface area contributed by atoms with E-state index in [-0.39, 0.29) is 0 Å². The van der Waals surface area contributed by atoms with Gasteiger partial charge in [-0.1, -0.05) is 0 Å². The number of hydrogen-bond acceptors (Lipinski definition) is 7. The van der Waals surface area contributed by atoms with Gasteiger partial charge in [0.05, 0.1) is 13.2 Å². The van der Waals surface area contributed by atoms with Crippen LogP contribution in [-0.4, -0.2) is 85.1 Å². The lowest BCUT2D eigenvalue weighted by atomic mass is 10.3. The third-order valence-corrected chi connectivity index (χ3v) is 10.9. The molecule has 0 aromatic rings. The normalized spacial score (nSPS) is 12.7. The lowest BCUT2D eigenvalue weighted by molar-refractivity contribution is 0.118. The summed E-state index contributed by atoms with van der Waals surface area (Å²) in [4.78, 5) is 0. The van der Waals surface area contributed by atoms with Gasteiger partial charge < -0.3 is 32.5 Å². The van der Waals surface area contributed by atoms with Crippen molar-refractivity contribution in [2.24, 2.45) is 0 Å². The molecule has 0 bridgehead atoms. The zero-order valence-electron chi connectivity index (χ0n) is 18.4. The predicted molar refractivity (Wildman–Crippen MR) is 114 cm³/mol. The maximum Gasteiger partial charge on any atom is 0.334 e. The van der Waals surface area contributed by atoms with Crippen LogP contribution in [0, 0.1) is 0 Å². The summed E-state index contributed by atoms with van der Waals surface area (Å²) in [5.74, 6) is 0. The van der Waals surface area contributed by atoms with Crippen molar-refractivity contribution in [3.8, 4) is 0 Å². The highest BCUT2D eigenvalue weighted by atomic mass is 28.4. The van der Waals surface area contributed by atoms with E-state index in [1.165, 1.54) is 0 Å². The minimum absolute atomic E-state index is 0.737. The molecule has 0 heterocycles. The van der Waals surface area contributed by atoms with E-state index in [9.17, 15) is 0 Å². The SMILES string of the molecule is CO[Si](C)(CCCCOCCNCCOCCCC[Si](C)(OC)OC)OC. The molecule has 1 N–H and O–H groups in total. The Hall–Kier alpha value is 0.154. The maximum absolute atomic E-state index is 5.64. The van der Waals surface area contributed by atoms with Gasteiger partial charge in [-0.3, -0.25) is 0 Å². The predicted octanol–water partition coefficient (Wildman–Crippen LogP) is 2.90. The fraction of sp³-hybridized carbons (Fsp3) is 1.00. The lowest BCUT2D eigenvalue weighted by Gasteiger charge is -2.22. The van der Waals surface area contributed by atoms with Crippen LogP contribution in [0.4, 0.5) is 0 Å². The second kappa shape index (κ2) is 17.0. The highest BCUT2D eigenvalue weighted by Gasteiger charge is 2.28. The molecule has 0 aliphatic heterocycles. The number of rotatable bonds is 20. The first-order valence-electron chi connectivity index (χ1n) is 10.0. The topological polar surface area (TPSA) is 67.4 Å². The van der Waals surface area contributed by atoms with Gasteiger partial charge in [0.2, 0.25) is 0 Å². The third kappa shape index (κ3) is 14.8. The molecule has 7 nitrogen and oxygen atoms in total. The average Bonchev–Trinajstić information content (AvgIpc) is 2.70. The Labute approximate surface area is 168 Å². The molecule has 0 aliphatic carbocycles. The average molecular weight is 426 g/mol. The Morgan fingerprint density at radius 1 is 0.556 bits per heavy atom. The van der Waals surface area contributed by atoms with Crippen LogP contribution in [0.5, 0.6) is 0 Å². The minimum Gasteiger partial charge on any atom is -0.398 e. The van der Waals surface area contributed by atoms with Crippen LogP contribution in [0.3, 0.4) is 0 Å². The zero-order chi connectivity index (χ0) is 20.4. The molecule has 0 saturated heterocycles.